The zero-order valence-corrected chi connectivity index (χ0v) is 14.0. The Balaban J connectivity index is 1.93. The lowest BCUT2D eigenvalue weighted by atomic mass is 10.0. The first-order valence-electron chi connectivity index (χ1n) is 7.33. The van der Waals surface area contributed by atoms with Gasteiger partial charge < -0.3 is 14.7 Å². The van der Waals surface area contributed by atoms with Crippen molar-refractivity contribution in [2.45, 2.75) is 38.3 Å². The zero-order chi connectivity index (χ0) is 15.5. The summed E-state index contributed by atoms with van der Waals surface area (Å²) in [6, 6.07) is 5.74. The molecule has 1 atom stereocenters. The van der Waals surface area contributed by atoms with E-state index >= 15 is 0 Å². The number of hydrogen-bond donors (Lipinski definition) is 2. The van der Waals surface area contributed by atoms with Gasteiger partial charge in [-0.3, -0.25) is 4.79 Å². The van der Waals surface area contributed by atoms with Gasteiger partial charge in [-0.05, 0) is 44.9 Å². The van der Waals surface area contributed by atoms with Gasteiger partial charge in [0.15, 0.2) is 0 Å². The van der Waals surface area contributed by atoms with E-state index in [1.165, 1.54) is 0 Å². The third-order valence-electron chi connectivity index (χ3n) is 4.26. The second kappa shape index (κ2) is 4.67. The summed E-state index contributed by atoms with van der Waals surface area (Å²) in [5.41, 5.74) is 1.43. The van der Waals surface area contributed by atoms with Gasteiger partial charge in [-0.25, -0.2) is 4.98 Å². The number of H-pyrrole nitrogens is 1. The molecule has 1 fully saturated rings. The molecule has 2 aromatic heterocycles. The molecule has 2 N–H and O–H groups in total. The number of halogens is 1. The van der Waals surface area contributed by atoms with E-state index in [2.05, 4.69) is 45.1 Å². The number of nitrogens with zero attached hydrogens (tertiary/aromatic N) is 1. The number of fused-ring (bicyclic) bond motifs is 3. The maximum atomic E-state index is 12.3. The van der Waals surface area contributed by atoms with Gasteiger partial charge in [0.05, 0.1) is 6.04 Å². The van der Waals surface area contributed by atoms with Crippen LogP contribution in [0.3, 0.4) is 0 Å². The predicted octanol–water partition coefficient (Wildman–Crippen LogP) is 3.63. The van der Waals surface area contributed by atoms with Crippen LogP contribution in [-0.2, 0) is 0 Å². The van der Waals surface area contributed by atoms with Crippen LogP contribution >= 0.6 is 15.9 Å². The lowest BCUT2D eigenvalue weighted by molar-refractivity contribution is 0.426. The Bertz CT molecular complexity index is 942. The minimum absolute atomic E-state index is 0.0691. The molecule has 0 radical (unpaired) electrons. The highest BCUT2D eigenvalue weighted by Gasteiger charge is 2.32. The van der Waals surface area contributed by atoms with E-state index in [4.69, 9.17) is 4.42 Å². The maximum Gasteiger partial charge on any atom is 0.294 e. The van der Waals surface area contributed by atoms with E-state index in [0.29, 0.717) is 16.9 Å². The quantitative estimate of drug-likeness (QED) is 0.694. The van der Waals surface area contributed by atoms with E-state index in [-0.39, 0.29) is 22.7 Å². The first-order chi connectivity index (χ1) is 10.4. The molecular weight excluding hydrogens is 346 g/mol. The third-order valence-corrected chi connectivity index (χ3v) is 4.75. The zero-order valence-electron chi connectivity index (χ0n) is 12.4. The van der Waals surface area contributed by atoms with Gasteiger partial charge in [0.2, 0.25) is 5.58 Å². The molecule has 3 heterocycles. The highest BCUT2D eigenvalue weighted by Crippen LogP contribution is 2.32. The molecular formula is C16H16BrN3O2. The maximum absolute atomic E-state index is 12.3. The number of rotatable bonds is 1. The molecule has 0 amide bonds. The molecule has 114 valence electrons. The van der Waals surface area contributed by atoms with Gasteiger partial charge in [-0.2, -0.15) is 0 Å². The lowest BCUT2D eigenvalue weighted by Crippen LogP contribution is -2.34. The Hall–Kier alpha value is -1.66. The number of benzene rings is 1. The summed E-state index contributed by atoms with van der Waals surface area (Å²) < 4.78 is 6.59. The first-order valence-corrected chi connectivity index (χ1v) is 8.12. The Labute approximate surface area is 135 Å². The summed E-state index contributed by atoms with van der Waals surface area (Å²) in [5, 5.41) is 4.37. The monoisotopic (exact) mass is 361 g/mol. The minimum atomic E-state index is -0.223. The normalized spacial score (nSPS) is 21.0. The van der Waals surface area contributed by atoms with Crippen molar-refractivity contribution >= 4 is 38.0 Å². The van der Waals surface area contributed by atoms with Crippen LogP contribution in [0.15, 0.2) is 31.9 Å². The third kappa shape index (κ3) is 2.18. The molecule has 3 aromatic rings. The highest BCUT2D eigenvalue weighted by atomic mass is 79.9. The smallest absolute Gasteiger partial charge is 0.294 e. The number of aromatic nitrogens is 2. The molecule has 5 nitrogen and oxygen atoms in total. The molecule has 22 heavy (non-hydrogen) atoms. The van der Waals surface area contributed by atoms with Gasteiger partial charge in [0.1, 0.15) is 16.9 Å². The summed E-state index contributed by atoms with van der Waals surface area (Å²) in [7, 11) is 0. The van der Waals surface area contributed by atoms with Crippen molar-refractivity contribution in [3.63, 3.8) is 0 Å². The topological polar surface area (TPSA) is 70.9 Å². The average Bonchev–Trinajstić information content (AvgIpc) is 2.99. The molecule has 0 unspecified atom stereocenters. The van der Waals surface area contributed by atoms with Crippen LogP contribution in [0.1, 0.15) is 38.6 Å². The molecule has 6 heteroatoms. The molecule has 1 saturated heterocycles. The molecule has 1 aromatic carbocycles. The second-order valence-electron chi connectivity index (χ2n) is 6.49. The van der Waals surface area contributed by atoms with E-state index in [1.807, 2.05) is 18.2 Å². The second-order valence-corrected chi connectivity index (χ2v) is 7.41. The summed E-state index contributed by atoms with van der Waals surface area (Å²) in [6.45, 7) is 4.32. The molecule has 0 bridgehead atoms. The SMILES string of the molecule is CC1(C)CC[C@@H](c2nc3c(oc4ccc(Br)cc43)c(=O)[nH]2)N1. The van der Waals surface area contributed by atoms with E-state index < -0.39 is 0 Å². The van der Waals surface area contributed by atoms with Gasteiger partial charge in [-0.15, -0.1) is 0 Å². The van der Waals surface area contributed by atoms with Crippen LogP contribution < -0.4 is 10.9 Å². The summed E-state index contributed by atoms with van der Waals surface area (Å²) in [4.78, 5) is 19.9. The van der Waals surface area contributed by atoms with Crippen molar-refractivity contribution < 1.29 is 4.42 Å². The van der Waals surface area contributed by atoms with Gasteiger partial charge in [-0.1, -0.05) is 15.9 Å². The molecule has 1 aliphatic rings. The van der Waals surface area contributed by atoms with Crippen molar-refractivity contribution in [3.05, 3.63) is 38.9 Å². The lowest BCUT2D eigenvalue weighted by Gasteiger charge is -2.19. The molecule has 0 aliphatic carbocycles. The molecule has 0 saturated carbocycles. The number of nitrogens with one attached hydrogen (secondary N) is 2. The van der Waals surface area contributed by atoms with Crippen LogP contribution in [-0.4, -0.2) is 15.5 Å². The van der Waals surface area contributed by atoms with Crippen molar-refractivity contribution in [2.24, 2.45) is 0 Å². The van der Waals surface area contributed by atoms with Crippen molar-refractivity contribution in [1.29, 1.82) is 0 Å². The largest absolute Gasteiger partial charge is 0.449 e. The standard InChI is InChI=1S/C16H16BrN3O2/c1-16(2)6-5-10(20-16)14-18-12-9-7-8(17)3-4-11(9)22-13(12)15(21)19-14/h3-4,7,10,20H,5-6H2,1-2H3,(H,18,19,21)/t10-/m0/s1. The molecule has 4 rings (SSSR count). The van der Waals surface area contributed by atoms with Gasteiger partial charge in [0, 0.05) is 15.4 Å². The predicted molar refractivity (Wildman–Crippen MR) is 89.0 cm³/mol. The Morgan fingerprint density at radius 3 is 2.95 bits per heavy atom. The number of hydrogen-bond acceptors (Lipinski definition) is 4. The van der Waals surface area contributed by atoms with Gasteiger partial charge >= 0.3 is 0 Å². The van der Waals surface area contributed by atoms with Gasteiger partial charge in [0.25, 0.3) is 5.56 Å². The fourth-order valence-corrected chi connectivity index (χ4v) is 3.50. The van der Waals surface area contributed by atoms with Crippen LogP contribution in [0.5, 0.6) is 0 Å². The fourth-order valence-electron chi connectivity index (χ4n) is 3.13. The summed E-state index contributed by atoms with van der Waals surface area (Å²) in [5.74, 6) is 0.686. The first kappa shape index (κ1) is 14.0. The van der Waals surface area contributed by atoms with E-state index in [1.54, 1.807) is 0 Å². The van der Waals surface area contributed by atoms with Crippen LogP contribution in [0.2, 0.25) is 0 Å². The molecule has 1 aliphatic heterocycles. The summed E-state index contributed by atoms with van der Waals surface area (Å²) in [6.07, 6.45) is 2.01. The fraction of sp³-hybridized carbons (Fsp3) is 0.375. The Morgan fingerprint density at radius 2 is 2.23 bits per heavy atom. The van der Waals surface area contributed by atoms with Crippen molar-refractivity contribution in [2.75, 3.05) is 0 Å². The number of furan rings is 1. The molecule has 0 spiro atoms. The van der Waals surface area contributed by atoms with Crippen LogP contribution in [0, 0.1) is 0 Å². The minimum Gasteiger partial charge on any atom is -0.449 e. The Kier molecular flexibility index (Phi) is 2.96. The van der Waals surface area contributed by atoms with Crippen molar-refractivity contribution in [3.8, 4) is 0 Å². The van der Waals surface area contributed by atoms with E-state index in [9.17, 15) is 4.79 Å². The average molecular weight is 362 g/mol. The van der Waals surface area contributed by atoms with Crippen molar-refractivity contribution in [1.82, 2.24) is 15.3 Å². The van der Waals surface area contributed by atoms with E-state index in [0.717, 1.165) is 22.7 Å². The summed E-state index contributed by atoms with van der Waals surface area (Å²) >= 11 is 3.45. The van der Waals surface area contributed by atoms with Crippen LogP contribution in [0.4, 0.5) is 0 Å². The number of aromatic amines is 1. The highest BCUT2D eigenvalue weighted by molar-refractivity contribution is 9.10. The van der Waals surface area contributed by atoms with Crippen LogP contribution in [0.25, 0.3) is 22.1 Å². The Morgan fingerprint density at radius 1 is 1.41 bits per heavy atom.